The number of fused-ring (bicyclic) bond motifs is 1. The maximum atomic E-state index is 12.9. The van der Waals surface area contributed by atoms with E-state index in [9.17, 15) is 13.2 Å². The Balaban J connectivity index is 1.34. The van der Waals surface area contributed by atoms with Crippen molar-refractivity contribution in [1.82, 2.24) is 15.0 Å². The van der Waals surface area contributed by atoms with Crippen LogP contribution in [0.25, 0.3) is 10.9 Å². The highest BCUT2D eigenvalue weighted by Crippen LogP contribution is 2.27. The number of benzene rings is 2. The maximum Gasteiger partial charge on any atom is 0.242 e. The van der Waals surface area contributed by atoms with E-state index in [0.29, 0.717) is 25.7 Å². The van der Waals surface area contributed by atoms with E-state index in [1.54, 1.807) is 6.07 Å². The fourth-order valence-electron chi connectivity index (χ4n) is 4.35. The smallest absolute Gasteiger partial charge is 0.242 e. The molecular formula is C25H29N3O3S. The summed E-state index contributed by atoms with van der Waals surface area (Å²) in [5.41, 5.74) is 1.87. The van der Waals surface area contributed by atoms with Gasteiger partial charge in [-0.2, -0.15) is 0 Å². The largest absolute Gasteiger partial charge is 0.349 e. The normalized spacial score (nSPS) is 20.0. The number of carbonyl (C=O) groups excluding carboxylic acids is 1. The molecule has 0 spiro atoms. The van der Waals surface area contributed by atoms with Crippen molar-refractivity contribution >= 4 is 26.8 Å². The highest BCUT2D eigenvalue weighted by Gasteiger charge is 2.30. The Labute approximate surface area is 189 Å². The summed E-state index contributed by atoms with van der Waals surface area (Å²) in [7, 11) is -3.66. The number of nitrogens with one attached hydrogen (secondary N) is 2. The van der Waals surface area contributed by atoms with Crippen molar-refractivity contribution in [2.24, 2.45) is 5.92 Å². The number of hydrogen-bond donors (Lipinski definition) is 2. The molecule has 2 aromatic carbocycles. The van der Waals surface area contributed by atoms with Gasteiger partial charge in [-0.3, -0.25) is 9.78 Å². The monoisotopic (exact) mass is 451 g/mol. The predicted octanol–water partition coefficient (Wildman–Crippen LogP) is 4.34. The average molecular weight is 452 g/mol. The molecule has 6 nitrogen and oxygen atoms in total. The summed E-state index contributed by atoms with van der Waals surface area (Å²) >= 11 is 0. The van der Waals surface area contributed by atoms with Crippen LogP contribution in [0.15, 0.2) is 71.8 Å². The van der Waals surface area contributed by atoms with Gasteiger partial charge in [0, 0.05) is 23.5 Å². The van der Waals surface area contributed by atoms with Crippen LogP contribution in [0.1, 0.15) is 50.6 Å². The SMILES string of the molecule is CC[C@@H](NC(=O)C1CCC(NS(=O)(=O)c2cnc3ccccc3c2)CC1)c1ccccc1. The summed E-state index contributed by atoms with van der Waals surface area (Å²) in [6.07, 6.45) is 4.84. The van der Waals surface area contributed by atoms with Gasteiger partial charge in [-0.25, -0.2) is 13.1 Å². The van der Waals surface area contributed by atoms with Crippen molar-refractivity contribution in [3.05, 3.63) is 72.4 Å². The number of amides is 1. The van der Waals surface area contributed by atoms with Crippen LogP contribution in [-0.2, 0) is 14.8 Å². The minimum Gasteiger partial charge on any atom is -0.349 e. The van der Waals surface area contributed by atoms with E-state index < -0.39 is 10.0 Å². The van der Waals surface area contributed by atoms with Gasteiger partial charge in [-0.15, -0.1) is 0 Å². The van der Waals surface area contributed by atoms with Crippen LogP contribution < -0.4 is 10.0 Å². The topological polar surface area (TPSA) is 88.2 Å². The molecule has 1 amide bonds. The number of rotatable bonds is 7. The second-order valence-corrected chi connectivity index (χ2v) is 10.1. The molecule has 7 heteroatoms. The number of nitrogens with zero attached hydrogens (tertiary/aromatic N) is 1. The molecule has 1 aliphatic rings. The molecule has 32 heavy (non-hydrogen) atoms. The summed E-state index contributed by atoms with van der Waals surface area (Å²) in [6, 6.07) is 18.9. The van der Waals surface area contributed by atoms with E-state index in [2.05, 4.69) is 21.9 Å². The Morgan fingerprint density at radius 3 is 2.44 bits per heavy atom. The molecule has 3 aromatic rings. The molecule has 1 saturated carbocycles. The maximum absolute atomic E-state index is 12.9. The minimum absolute atomic E-state index is 0.000305. The third kappa shape index (κ3) is 5.16. The quantitative estimate of drug-likeness (QED) is 0.559. The minimum atomic E-state index is -3.66. The van der Waals surface area contributed by atoms with Crippen molar-refractivity contribution < 1.29 is 13.2 Å². The average Bonchev–Trinajstić information content (AvgIpc) is 2.83. The molecule has 168 valence electrons. The molecule has 0 saturated heterocycles. The first-order valence-corrected chi connectivity index (χ1v) is 12.7. The molecule has 0 radical (unpaired) electrons. The molecule has 1 fully saturated rings. The Morgan fingerprint density at radius 1 is 1.03 bits per heavy atom. The lowest BCUT2D eigenvalue weighted by molar-refractivity contribution is -0.126. The van der Waals surface area contributed by atoms with E-state index in [-0.39, 0.29) is 28.8 Å². The van der Waals surface area contributed by atoms with Gasteiger partial charge in [0.2, 0.25) is 15.9 Å². The number of para-hydroxylation sites is 1. The zero-order valence-electron chi connectivity index (χ0n) is 18.2. The second-order valence-electron chi connectivity index (χ2n) is 8.41. The van der Waals surface area contributed by atoms with Gasteiger partial charge in [0.25, 0.3) is 0 Å². The number of sulfonamides is 1. The number of pyridine rings is 1. The first-order valence-electron chi connectivity index (χ1n) is 11.2. The van der Waals surface area contributed by atoms with Gasteiger partial charge >= 0.3 is 0 Å². The first kappa shape index (κ1) is 22.4. The Morgan fingerprint density at radius 2 is 1.72 bits per heavy atom. The number of hydrogen-bond acceptors (Lipinski definition) is 4. The molecule has 0 aliphatic heterocycles. The fourth-order valence-corrected chi connectivity index (χ4v) is 5.64. The van der Waals surface area contributed by atoms with Crippen molar-refractivity contribution in [3.63, 3.8) is 0 Å². The summed E-state index contributed by atoms with van der Waals surface area (Å²) in [5, 5.41) is 3.96. The zero-order valence-corrected chi connectivity index (χ0v) is 19.0. The van der Waals surface area contributed by atoms with Gasteiger partial charge in [0.05, 0.1) is 11.6 Å². The summed E-state index contributed by atoms with van der Waals surface area (Å²) < 4.78 is 28.6. The third-order valence-electron chi connectivity index (χ3n) is 6.22. The lowest BCUT2D eigenvalue weighted by Gasteiger charge is -2.29. The standard InChI is InChI=1S/C25H29N3O3S/c1-2-23(18-8-4-3-5-9-18)27-25(29)19-12-14-21(15-13-19)28-32(30,31)22-16-20-10-6-7-11-24(20)26-17-22/h3-11,16-17,19,21,23,28H,2,12-15H2,1H3,(H,27,29)/t19?,21?,23-/m1/s1. The second kappa shape index (κ2) is 9.79. The Kier molecular flexibility index (Phi) is 6.86. The Hall–Kier alpha value is -2.77. The van der Waals surface area contributed by atoms with Crippen LogP contribution in [0, 0.1) is 5.92 Å². The molecule has 2 N–H and O–H groups in total. The van der Waals surface area contributed by atoms with Gasteiger partial charge in [0.15, 0.2) is 0 Å². The van der Waals surface area contributed by atoms with Crippen molar-refractivity contribution in [3.8, 4) is 0 Å². The summed E-state index contributed by atoms with van der Waals surface area (Å²) in [5.74, 6) is -0.0309. The van der Waals surface area contributed by atoms with Crippen LogP contribution in [0.3, 0.4) is 0 Å². The van der Waals surface area contributed by atoms with E-state index in [1.165, 1.54) is 6.20 Å². The molecule has 4 rings (SSSR count). The van der Waals surface area contributed by atoms with E-state index in [4.69, 9.17) is 0 Å². The van der Waals surface area contributed by atoms with Crippen molar-refractivity contribution in [2.45, 2.75) is 56.0 Å². The Bertz CT molecular complexity index is 1170. The summed E-state index contributed by atoms with van der Waals surface area (Å²) in [6.45, 7) is 2.06. The first-order chi connectivity index (χ1) is 15.5. The number of carbonyl (C=O) groups is 1. The van der Waals surface area contributed by atoms with Crippen LogP contribution in [0.2, 0.25) is 0 Å². The molecule has 0 bridgehead atoms. The molecule has 1 atom stereocenters. The lowest BCUT2D eigenvalue weighted by atomic mass is 9.85. The number of aromatic nitrogens is 1. The van der Waals surface area contributed by atoms with E-state index in [1.807, 2.05) is 54.6 Å². The van der Waals surface area contributed by atoms with Crippen LogP contribution >= 0.6 is 0 Å². The van der Waals surface area contributed by atoms with Gasteiger partial charge < -0.3 is 5.32 Å². The van der Waals surface area contributed by atoms with Crippen LogP contribution in [0.5, 0.6) is 0 Å². The van der Waals surface area contributed by atoms with Crippen molar-refractivity contribution in [2.75, 3.05) is 0 Å². The van der Waals surface area contributed by atoms with E-state index in [0.717, 1.165) is 22.9 Å². The summed E-state index contributed by atoms with van der Waals surface area (Å²) in [4.78, 5) is 17.3. The third-order valence-corrected chi connectivity index (χ3v) is 7.71. The van der Waals surface area contributed by atoms with Gasteiger partial charge in [-0.05, 0) is 49.8 Å². The zero-order chi connectivity index (χ0) is 22.6. The molecule has 1 aromatic heterocycles. The molecule has 1 aliphatic carbocycles. The lowest BCUT2D eigenvalue weighted by Crippen LogP contribution is -2.41. The van der Waals surface area contributed by atoms with Crippen molar-refractivity contribution in [1.29, 1.82) is 0 Å². The fraction of sp³-hybridized carbons (Fsp3) is 0.360. The molecular weight excluding hydrogens is 422 g/mol. The van der Waals surface area contributed by atoms with Crippen LogP contribution in [-0.4, -0.2) is 25.4 Å². The highest BCUT2D eigenvalue weighted by molar-refractivity contribution is 7.89. The van der Waals surface area contributed by atoms with Gasteiger partial charge in [0.1, 0.15) is 4.90 Å². The molecule has 1 heterocycles. The molecule has 0 unspecified atom stereocenters. The van der Waals surface area contributed by atoms with Crippen LogP contribution in [0.4, 0.5) is 0 Å². The predicted molar refractivity (Wildman–Crippen MR) is 125 cm³/mol. The van der Waals surface area contributed by atoms with E-state index >= 15 is 0 Å². The highest BCUT2D eigenvalue weighted by atomic mass is 32.2. The van der Waals surface area contributed by atoms with Gasteiger partial charge in [-0.1, -0.05) is 55.5 Å².